The van der Waals surface area contributed by atoms with Crippen LogP contribution >= 0.6 is 11.3 Å². The highest BCUT2D eigenvalue weighted by Gasteiger charge is 2.34. The molecule has 1 aliphatic rings. The Morgan fingerprint density at radius 1 is 1.26 bits per heavy atom. The molecule has 2 amide bonds. The molecule has 2 heterocycles. The van der Waals surface area contributed by atoms with Gasteiger partial charge < -0.3 is 21.7 Å². The monoisotopic (exact) mass is 485 g/mol. The molecule has 0 bridgehead atoms. The van der Waals surface area contributed by atoms with Gasteiger partial charge in [-0.2, -0.15) is 0 Å². The molecule has 0 saturated carbocycles. The summed E-state index contributed by atoms with van der Waals surface area (Å²) in [7, 11) is 1.92. The van der Waals surface area contributed by atoms with Crippen molar-refractivity contribution >= 4 is 34.9 Å². The summed E-state index contributed by atoms with van der Waals surface area (Å²) >= 11 is 1.22. The number of nitrogens with zero attached hydrogens (tertiary/aromatic N) is 4. The molecule has 10 nitrogen and oxygen atoms in total. The molecule has 2 atom stereocenters. The van der Waals surface area contributed by atoms with E-state index < -0.39 is 6.04 Å². The number of aliphatic imine (C=N–C) groups is 1. The summed E-state index contributed by atoms with van der Waals surface area (Å²) in [4.78, 5) is 50.5. The number of nitrogens with one attached hydrogen (secondary N) is 1. The first-order valence-corrected chi connectivity index (χ1v) is 12.0. The molecular formula is C23H31N7O3S. The third kappa shape index (κ3) is 7.09. The van der Waals surface area contributed by atoms with Gasteiger partial charge in [0.05, 0.1) is 18.6 Å². The minimum atomic E-state index is -0.768. The Kier molecular flexibility index (Phi) is 9.11. The molecule has 182 valence electrons. The molecule has 11 heteroatoms. The standard InChI is InChI=1S/C23H31N7O3S/c1-29-11-12-30(22(33)18(29)14-16-6-3-2-4-7-16)15-19(31)28-17(8-5-9-27-23(24)25)20(32)21-26-10-13-34-21/h2-4,6-7,10,13,17-18H,5,8-9,11-12,14-15H2,1H3,(H,28,31)(H4,24,25,27)/t17-,18+/m0/s1. The van der Waals surface area contributed by atoms with Gasteiger partial charge in [0.2, 0.25) is 17.6 Å². The number of carbonyl (C=O) groups is 3. The summed E-state index contributed by atoms with van der Waals surface area (Å²) < 4.78 is 0. The second-order valence-electron chi connectivity index (χ2n) is 8.22. The average molecular weight is 486 g/mol. The van der Waals surface area contributed by atoms with Crippen LogP contribution in [0.25, 0.3) is 0 Å². The van der Waals surface area contributed by atoms with Gasteiger partial charge in [0.15, 0.2) is 11.0 Å². The molecule has 1 fully saturated rings. The fourth-order valence-corrected chi connectivity index (χ4v) is 4.49. The maximum Gasteiger partial charge on any atom is 0.240 e. The zero-order chi connectivity index (χ0) is 24.5. The zero-order valence-corrected chi connectivity index (χ0v) is 20.0. The smallest absolute Gasteiger partial charge is 0.240 e. The number of carbonyl (C=O) groups excluding carboxylic acids is 3. The van der Waals surface area contributed by atoms with Crippen molar-refractivity contribution in [2.75, 3.05) is 33.2 Å². The van der Waals surface area contributed by atoms with Crippen LogP contribution in [0.1, 0.15) is 28.2 Å². The van der Waals surface area contributed by atoms with Crippen molar-refractivity contribution < 1.29 is 14.4 Å². The van der Waals surface area contributed by atoms with Gasteiger partial charge in [-0.25, -0.2) is 4.98 Å². The molecule has 2 aromatic rings. The van der Waals surface area contributed by atoms with Crippen LogP contribution in [0, 0.1) is 0 Å². The normalized spacial score (nSPS) is 17.3. The second-order valence-corrected chi connectivity index (χ2v) is 9.11. The minimum Gasteiger partial charge on any atom is -0.370 e. The van der Waals surface area contributed by atoms with Gasteiger partial charge in [0.25, 0.3) is 0 Å². The van der Waals surface area contributed by atoms with Crippen molar-refractivity contribution in [2.24, 2.45) is 16.5 Å². The van der Waals surface area contributed by atoms with Crippen LogP contribution in [0.2, 0.25) is 0 Å². The average Bonchev–Trinajstić information content (AvgIpc) is 3.35. The number of piperazine rings is 1. The fourth-order valence-electron chi connectivity index (χ4n) is 3.86. The van der Waals surface area contributed by atoms with Crippen LogP contribution in [0.5, 0.6) is 0 Å². The van der Waals surface area contributed by atoms with Crippen LogP contribution in [0.3, 0.4) is 0 Å². The number of Topliss-reactive ketones (excluding diaryl/α,β-unsaturated/α-hetero) is 1. The second kappa shape index (κ2) is 12.2. The van der Waals surface area contributed by atoms with Crippen LogP contribution < -0.4 is 16.8 Å². The van der Waals surface area contributed by atoms with Crippen molar-refractivity contribution in [3.8, 4) is 0 Å². The summed E-state index contributed by atoms with van der Waals surface area (Å²) in [6.07, 6.45) is 2.98. The lowest BCUT2D eigenvalue weighted by Crippen LogP contribution is -2.58. The Bertz CT molecular complexity index is 993. The van der Waals surface area contributed by atoms with E-state index in [1.54, 1.807) is 16.5 Å². The lowest BCUT2D eigenvalue weighted by atomic mass is 10.0. The number of likely N-dealkylation sites (N-methyl/N-ethyl adjacent to an activating group) is 1. The number of guanidine groups is 1. The van der Waals surface area contributed by atoms with Gasteiger partial charge in [-0.05, 0) is 31.9 Å². The number of thiazole rings is 1. The van der Waals surface area contributed by atoms with Gasteiger partial charge in [-0.1, -0.05) is 30.3 Å². The van der Waals surface area contributed by atoms with Gasteiger partial charge in [0, 0.05) is 31.2 Å². The number of amides is 2. The van der Waals surface area contributed by atoms with E-state index in [0.717, 1.165) is 5.56 Å². The number of hydrogen-bond donors (Lipinski definition) is 3. The fraction of sp³-hybridized carbons (Fsp3) is 0.435. The Labute approximate surface area is 203 Å². The Hall–Kier alpha value is -3.31. The van der Waals surface area contributed by atoms with Gasteiger partial charge >= 0.3 is 0 Å². The highest BCUT2D eigenvalue weighted by Crippen LogP contribution is 2.16. The molecule has 0 radical (unpaired) electrons. The predicted octanol–water partition coefficient (Wildman–Crippen LogP) is 0.250. The number of ketones is 1. The van der Waals surface area contributed by atoms with E-state index in [4.69, 9.17) is 11.5 Å². The highest BCUT2D eigenvalue weighted by molar-refractivity contribution is 7.11. The first kappa shape index (κ1) is 25.3. The largest absolute Gasteiger partial charge is 0.370 e. The quantitative estimate of drug-likeness (QED) is 0.179. The van der Waals surface area contributed by atoms with Gasteiger partial charge in [-0.15, -0.1) is 11.3 Å². The summed E-state index contributed by atoms with van der Waals surface area (Å²) in [5, 5.41) is 4.83. The Morgan fingerprint density at radius 2 is 2.03 bits per heavy atom. The maximum atomic E-state index is 13.1. The maximum absolute atomic E-state index is 13.1. The predicted molar refractivity (Wildman–Crippen MR) is 131 cm³/mol. The van der Waals surface area contributed by atoms with Crippen LogP contribution in [0.15, 0.2) is 46.9 Å². The summed E-state index contributed by atoms with van der Waals surface area (Å²) in [5.41, 5.74) is 11.8. The third-order valence-electron chi connectivity index (χ3n) is 5.70. The van der Waals surface area contributed by atoms with Crippen molar-refractivity contribution in [3.05, 3.63) is 52.5 Å². The molecule has 1 aromatic carbocycles. The molecule has 1 saturated heterocycles. The van der Waals surface area contributed by atoms with Crippen molar-refractivity contribution in [3.63, 3.8) is 0 Å². The highest BCUT2D eigenvalue weighted by atomic mass is 32.1. The van der Waals surface area contributed by atoms with E-state index in [-0.39, 0.29) is 36.1 Å². The molecule has 0 unspecified atom stereocenters. The summed E-state index contributed by atoms with van der Waals surface area (Å²) in [6, 6.07) is 8.70. The number of rotatable bonds is 11. The molecule has 34 heavy (non-hydrogen) atoms. The molecule has 3 rings (SSSR count). The van der Waals surface area contributed by atoms with Crippen molar-refractivity contribution in [1.82, 2.24) is 20.1 Å². The molecular weight excluding hydrogens is 454 g/mol. The van der Waals surface area contributed by atoms with Crippen LogP contribution in [-0.4, -0.2) is 83.7 Å². The third-order valence-corrected chi connectivity index (χ3v) is 6.49. The zero-order valence-electron chi connectivity index (χ0n) is 19.2. The van der Waals surface area contributed by atoms with Gasteiger partial charge in [0.1, 0.15) is 0 Å². The van der Waals surface area contributed by atoms with E-state index in [1.807, 2.05) is 42.3 Å². The number of nitrogens with two attached hydrogens (primary N) is 2. The molecule has 5 N–H and O–H groups in total. The molecule has 0 aliphatic carbocycles. The summed E-state index contributed by atoms with van der Waals surface area (Å²) in [5.74, 6) is -0.762. The van der Waals surface area contributed by atoms with E-state index in [0.29, 0.717) is 43.9 Å². The lowest BCUT2D eigenvalue weighted by Gasteiger charge is -2.38. The van der Waals surface area contributed by atoms with E-state index in [1.165, 1.54) is 11.3 Å². The van der Waals surface area contributed by atoms with E-state index in [2.05, 4.69) is 15.3 Å². The van der Waals surface area contributed by atoms with E-state index in [9.17, 15) is 14.4 Å². The lowest BCUT2D eigenvalue weighted by molar-refractivity contribution is -0.144. The number of aromatic nitrogens is 1. The van der Waals surface area contributed by atoms with Crippen LogP contribution in [-0.2, 0) is 16.0 Å². The minimum absolute atomic E-state index is 0.0227. The molecule has 1 aromatic heterocycles. The molecule has 1 aliphatic heterocycles. The first-order valence-electron chi connectivity index (χ1n) is 11.2. The SMILES string of the molecule is CN1CCN(CC(=O)N[C@@H](CCCN=C(N)N)C(=O)c2nccs2)C(=O)[C@H]1Cc1ccccc1. The first-order chi connectivity index (χ1) is 16.3. The summed E-state index contributed by atoms with van der Waals surface area (Å²) in [6.45, 7) is 1.35. The Morgan fingerprint density at radius 3 is 2.71 bits per heavy atom. The number of hydrogen-bond acceptors (Lipinski definition) is 7. The number of benzene rings is 1. The van der Waals surface area contributed by atoms with Crippen LogP contribution in [0.4, 0.5) is 0 Å². The van der Waals surface area contributed by atoms with E-state index >= 15 is 0 Å². The Balaban J connectivity index is 1.62. The molecule has 0 spiro atoms. The van der Waals surface area contributed by atoms with Gasteiger partial charge in [-0.3, -0.25) is 24.3 Å². The van der Waals surface area contributed by atoms with Crippen molar-refractivity contribution in [2.45, 2.75) is 31.3 Å². The topological polar surface area (TPSA) is 147 Å². The van der Waals surface area contributed by atoms with Crippen molar-refractivity contribution in [1.29, 1.82) is 0 Å².